The van der Waals surface area contributed by atoms with Gasteiger partial charge in [-0.1, -0.05) is 30.3 Å². The van der Waals surface area contributed by atoms with E-state index >= 15 is 0 Å². The molecule has 1 aliphatic rings. The number of nitrogens with two attached hydrogens (primary N) is 1. The van der Waals surface area contributed by atoms with Crippen molar-refractivity contribution >= 4 is 23.2 Å². The van der Waals surface area contributed by atoms with Gasteiger partial charge in [0.25, 0.3) is 12.1 Å². The number of benzene rings is 1. The van der Waals surface area contributed by atoms with Gasteiger partial charge in [-0.05, 0) is 18.4 Å². The van der Waals surface area contributed by atoms with Crippen LogP contribution in [-0.4, -0.2) is 28.5 Å². The van der Waals surface area contributed by atoms with Gasteiger partial charge in [0, 0.05) is 26.5 Å². The molecule has 0 saturated heterocycles. The van der Waals surface area contributed by atoms with Gasteiger partial charge in [-0.2, -0.15) is 8.97 Å². The van der Waals surface area contributed by atoms with Crippen molar-refractivity contribution in [2.75, 3.05) is 12.4 Å². The second-order valence-corrected chi connectivity index (χ2v) is 7.57. The lowest BCUT2D eigenvalue weighted by atomic mass is 9.91. The predicted molar refractivity (Wildman–Crippen MR) is 110 cm³/mol. The molecule has 3 heterocycles. The van der Waals surface area contributed by atoms with Gasteiger partial charge >= 0.3 is 11.6 Å². The first-order valence-electron chi connectivity index (χ1n) is 9.80. The Labute approximate surface area is 173 Å². The molecular formula is C22H25N4O4+. The lowest BCUT2D eigenvalue weighted by molar-refractivity contribution is -0.726. The number of carbonyl (C=O) groups is 2. The maximum Gasteiger partial charge on any atom is 0.339 e. The number of hydrogen-bond donors (Lipinski definition) is 3. The molecule has 4 rings (SSSR count). The van der Waals surface area contributed by atoms with Crippen LogP contribution in [0.1, 0.15) is 51.6 Å². The Morgan fingerprint density at radius 1 is 1.30 bits per heavy atom. The number of aryl methyl sites for hydroxylation is 1. The van der Waals surface area contributed by atoms with E-state index in [0.717, 1.165) is 23.4 Å². The number of pyridine rings is 1. The number of carbonyl (C=O) groups excluding carboxylic acids is 1. The second-order valence-electron chi connectivity index (χ2n) is 7.57. The number of anilines is 1. The Morgan fingerprint density at radius 3 is 2.60 bits per heavy atom. The summed E-state index contributed by atoms with van der Waals surface area (Å²) in [5, 5.41) is 13.4. The molecule has 8 nitrogen and oxygen atoms in total. The fourth-order valence-corrected chi connectivity index (χ4v) is 4.36. The highest BCUT2D eigenvalue weighted by molar-refractivity contribution is 5.93. The fraction of sp³-hybridized carbons (Fsp3) is 0.318. The minimum atomic E-state index is -1.01. The second kappa shape index (κ2) is 7.46. The third-order valence-corrected chi connectivity index (χ3v) is 5.95. The third kappa shape index (κ3) is 3.00. The highest BCUT2D eigenvalue weighted by Gasteiger charge is 2.37. The van der Waals surface area contributed by atoms with Crippen LogP contribution in [-0.2, 0) is 16.0 Å². The van der Waals surface area contributed by atoms with Crippen molar-refractivity contribution < 1.29 is 24.0 Å². The van der Waals surface area contributed by atoms with Crippen LogP contribution in [0, 0.1) is 13.8 Å². The molecule has 3 aromatic rings. The molecular weight excluding hydrogens is 384 g/mol. The van der Waals surface area contributed by atoms with E-state index in [0.29, 0.717) is 23.3 Å². The fourth-order valence-electron chi connectivity index (χ4n) is 4.36. The maximum absolute atomic E-state index is 12.1. The summed E-state index contributed by atoms with van der Waals surface area (Å²) in [6.45, 7) is 3.74. The van der Waals surface area contributed by atoms with Crippen LogP contribution in [0.5, 0.6) is 0 Å². The van der Waals surface area contributed by atoms with Crippen LogP contribution in [0.2, 0.25) is 0 Å². The zero-order chi connectivity index (χ0) is 21.6. The summed E-state index contributed by atoms with van der Waals surface area (Å²) in [6, 6.07) is 10.0. The Kier molecular flexibility index (Phi) is 4.95. The number of carboxylic acid groups (broad SMARTS) is 1. The number of fused-ring (bicyclic) bond motifs is 3. The molecule has 2 unspecified atom stereocenters. The smallest absolute Gasteiger partial charge is 0.339 e. The SMILES string of the molecule is COC(C(N)=O)[n+]1c(C)c(C)n2cc(C(=O)O)c3c(c21)NC(c1ccccc1)CC3. The number of hydrogen-bond acceptors (Lipinski definition) is 4. The highest BCUT2D eigenvalue weighted by atomic mass is 16.5. The summed E-state index contributed by atoms with van der Waals surface area (Å²) in [4.78, 5) is 24.1. The minimum absolute atomic E-state index is 0.0186. The maximum atomic E-state index is 12.1. The van der Waals surface area contributed by atoms with E-state index in [1.54, 1.807) is 15.2 Å². The van der Waals surface area contributed by atoms with E-state index in [4.69, 9.17) is 10.5 Å². The molecule has 0 saturated carbocycles. The summed E-state index contributed by atoms with van der Waals surface area (Å²) >= 11 is 0. The van der Waals surface area contributed by atoms with Crippen LogP contribution in [0.4, 0.5) is 5.69 Å². The van der Waals surface area contributed by atoms with E-state index in [2.05, 4.69) is 5.32 Å². The lowest BCUT2D eigenvalue weighted by Gasteiger charge is -2.28. The topological polar surface area (TPSA) is 110 Å². The largest absolute Gasteiger partial charge is 0.478 e. The molecule has 156 valence electrons. The molecule has 0 aliphatic carbocycles. The molecule has 4 N–H and O–H groups in total. The van der Waals surface area contributed by atoms with Gasteiger partial charge in [-0.25, -0.2) is 4.79 Å². The number of imidazole rings is 1. The van der Waals surface area contributed by atoms with Crippen molar-refractivity contribution in [2.45, 2.75) is 39.0 Å². The zero-order valence-electron chi connectivity index (χ0n) is 17.2. The number of primary amides is 1. The van der Waals surface area contributed by atoms with Gasteiger partial charge in [0.05, 0.1) is 6.04 Å². The average molecular weight is 409 g/mol. The normalized spacial score (nSPS) is 16.7. The van der Waals surface area contributed by atoms with Crippen molar-refractivity contribution in [3.63, 3.8) is 0 Å². The number of rotatable bonds is 5. The summed E-state index contributed by atoms with van der Waals surface area (Å²) in [5.41, 5.74) is 10.6. The molecule has 2 atom stereocenters. The summed E-state index contributed by atoms with van der Waals surface area (Å²) in [6.07, 6.45) is 1.97. The number of aromatic carboxylic acids is 1. The highest BCUT2D eigenvalue weighted by Crippen LogP contribution is 2.37. The van der Waals surface area contributed by atoms with E-state index in [1.165, 1.54) is 7.11 Å². The lowest BCUT2D eigenvalue weighted by Crippen LogP contribution is -2.49. The Balaban J connectivity index is 2.02. The molecule has 2 aromatic heterocycles. The number of nitrogens with zero attached hydrogens (tertiary/aromatic N) is 2. The number of aromatic nitrogens is 2. The quantitative estimate of drug-likeness (QED) is 0.560. The molecule has 0 spiro atoms. The number of nitrogens with one attached hydrogen (secondary N) is 1. The Bertz CT molecular complexity index is 1150. The van der Waals surface area contributed by atoms with Crippen LogP contribution in [0.3, 0.4) is 0 Å². The van der Waals surface area contributed by atoms with Crippen LogP contribution < -0.4 is 15.6 Å². The summed E-state index contributed by atoms with van der Waals surface area (Å²) < 4.78 is 8.95. The molecule has 0 fully saturated rings. The van der Waals surface area contributed by atoms with Crippen molar-refractivity contribution in [3.05, 3.63) is 64.6 Å². The van der Waals surface area contributed by atoms with E-state index in [-0.39, 0.29) is 11.6 Å². The third-order valence-electron chi connectivity index (χ3n) is 5.95. The first kappa shape index (κ1) is 19.9. The standard InChI is InChI=1S/C22H24N4O4/c1-12-13(2)26(21(30-3)19(23)27)20-18-15(16(22(28)29)11-25(12)20)9-10-17(24-18)14-7-5-4-6-8-14/h4-8,11,17,21,24H,9-10H2,1-3H3,(H2-,23,27,28,29)/p+1. The van der Waals surface area contributed by atoms with Crippen molar-refractivity contribution in [1.82, 2.24) is 4.40 Å². The monoisotopic (exact) mass is 409 g/mol. The number of methoxy groups -OCH3 is 1. The first-order chi connectivity index (χ1) is 14.3. The van der Waals surface area contributed by atoms with Crippen LogP contribution >= 0.6 is 0 Å². The zero-order valence-corrected chi connectivity index (χ0v) is 17.2. The molecule has 1 amide bonds. The molecule has 30 heavy (non-hydrogen) atoms. The molecule has 0 bridgehead atoms. The van der Waals surface area contributed by atoms with Crippen LogP contribution in [0.25, 0.3) is 5.65 Å². The van der Waals surface area contributed by atoms with E-state index < -0.39 is 18.1 Å². The first-order valence-corrected chi connectivity index (χ1v) is 9.80. The van der Waals surface area contributed by atoms with Gasteiger partial charge < -0.3 is 20.9 Å². The number of ether oxygens (including phenoxy) is 1. The Hall–Kier alpha value is -3.39. The molecule has 1 aromatic carbocycles. The van der Waals surface area contributed by atoms with Crippen LogP contribution in [0.15, 0.2) is 36.5 Å². The Morgan fingerprint density at radius 2 is 2.00 bits per heavy atom. The molecule has 8 heteroatoms. The van der Waals surface area contributed by atoms with Gasteiger partial charge in [-0.3, -0.25) is 4.79 Å². The number of amides is 1. The molecule has 1 aliphatic heterocycles. The van der Waals surface area contributed by atoms with Gasteiger partial charge in [0.2, 0.25) is 0 Å². The number of carboxylic acids is 1. The minimum Gasteiger partial charge on any atom is -0.478 e. The van der Waals surface area contributed by atoms with Crippen molar-refractivity contribution in [2.24, 2.45) is 5.73 Å². The molecule has 0 radical (unpaired) electrons. The van der Waals surface area contributed by atoms with Gasteiger partial charge in [0.1, 0.15) is 28.8 Å². The van der Waals surface area contributed by atoms with E-state index in [1.807, 2.05) is 44.2 Å². The van der Waals surface area contributed by atoms with Gasteiger partial charge in [-0.15, -0.1) is 0 Å². The van der Waals surface area contributed by atoms with E-state index in [9.17, 15) is 14.7 Å². The van der Waals surface area contributed by atoms with Crippen molar-refractivity contribution in [3.8, 4) is 0 Å². The van der Waals surface area contributed by atoms with Crippen molar-refractivity contribution in [1.29, 1.82) is 0 Å². The summed E-state index contributed by atoms with van der Waals surface area (Å²) in [7, 11) is 1.43. The van der Waals surface area contributed by atoms with Gasteiger partial charge in [0.15, 0.2) is 0 Å². The summed E-state index contributed by atoms with van der Waals surface area (Å²) in [5.74, 6) is -1.60. The average Bonchev–Trinajstić information content (AvgIpc) is 2.99. The predicted octanol–water partition coefficient (Wildman–Crippen LogP) is 2.27.